The summed E-state index contributed by atoms with van der Waals surface area (Å²) in [6.45, 7) is -0.831. The number of carbonyl (C=O) groups is 2. The average Bonchev–Trinajstić information content (AvgIpc) is 2.71. The zero-order chi connectivity index (χ0) is 21.8. The van der Waals surface area contributed by atoms with Crippen molar-refractivity contribution in [2.24, 2.45) is 0 Å². The lowest BCUT2D eigenvalue weighted by molar-refractivity contribution is -0.135. The fourth-order valence-electron chi connectivity index (χ4n) is 2.72. The van der Waals surface area contributed by atoms with Crippen LogP contribution in [0.3, 0.4) is 0 Å². The number of carboxylic acid groups (broad SMARTS) is 1. The van der Waals surface area contributed by atoms with Crippen molar-refractivity contribution in [3.63, 3.8) is 0 Å². The Morgan fingerprint density at radius 1 is 1.07 bits per heavy atom. The number of amides is 1. The molecule has 0 atom stereocenters. The Morgan fingerprint density at radius 3 is 2.37 bits per heavy atom. The third-order valence-corrected chi connectivity index (χ3v) is 4.54. The van der Waals surface area contributed by atoms with Crippen molar-refractivity contribution in [3.05, 3.63) is 75.0 Å². The number of rotatable bonds is 6. The Morgan fingerprint density at radius 2 is 1.73 bits per heavy atom. The molecule has 0 saturated carbocycles. The molecule has 0 spiro atoms. The molecule has 2 aromatic carbocycles. The van der Waals surface area contributed by atoms with Crippen molar-refractivity contribution in [2.75, 3.05) is 6.54 Å². The van der Waals surface area contributed by atoms with Crippen LogP contribution >= 0.6 is 11.6 Å². The number of aromatic nitrogens is 2. The summed E-state index contributed by atoms with van der Waals surface area (Å²) in [6, 6.07) is 12.3. The first kappa shape index (κ1) is 20.9. The first-order valence-electron chi connectivity index (χ1n) is 8.64. The highest BCUT2D eigenvalue weighted by Gasteiger charge is 2.24. The highest BCUT2D eigenvalue weighted by atomic mass is 35.5. The van der Waals surface area contributed by atoms with Crippen LogP contribution in [-0.2, 0) is 11.3 Å². The Bertz CT molecular complexity index is 1170. The molecule has 0 aliphatic carbocycles. The van der Waals surface area contributed by atoms with Gasteiger partial charge in [0, 0.05) is 10.6 Å². The molecule has 0 unspecified atom stereocenters. The molecule has 3 aromatic rings. The predicted molar refractivity (Wildman–Crippen MR) is 108 cm³/mol. The second kappa shape index (κ2) is 8.66. The summed E-state index contributed by atoms with van der Waals surface area (Å²) in [6.07, 6.45) is 0. The van der Waals surface area contributed by atoms with Gasteiger partial charge >= 0.3 is 5.97 Å². The normalized spacial score (nSPS) is 10.6. The number of phenols is 1. The highest BCUT2D eigenvalue weighted by Crippen LogP contribution is 2.29. The summed E-state index contributed by atoms with van der Waals surface area (Å²) in [7, 11) is 0. The van der Waals surface area contributed by atoms with Gasteiger partial charge in [0.2, 0.25) is 0 Å². The van der Waals surface area contributed by atoms with Gasteiger partial charge in [0.05, 0.1) is 6.54 Å². The maximum atomic E-state index is 12.9. The van der Waals surface area contributed by atoms with Crippen molar-refractivity contribution < 1.29 is 24.9 Å². The maximum absolute atomic E-state index is 12.9. The Labute approximate surface area is 174 Å². The SMILES string of the molecule is O=C(O)CNC(=O)c1c(O)c(-c2ccc(O)cc2)nn(Cc2ccccc2Cl)c1=O. The molecule has 0 aliphatic rings. The molecule has 154 valence electrons. The molecule has 0 radical (unpaired) electrons. The van der Waals surface area contributed by atoms with Crippen LogP contribution in [0.2, 0.25) is 5.02 Å². The summed E-state index contributed by atoms with van der Waals surface area (Å²) in [5.41, 5.74) is -0.792. The summed E-state index contributed by atoms with van der Waals surface area (Å²) in [5, 5.41) is 35.5. The summed E-state index contributed by atoms with van der Waals surface area (Å²) in [5.74, 6) is -3.10. The Kier molecular flexibility index (Phi) is 6.03. The van der Waals surface area contributed by atoms with E-state index in [4.69, 9.17) is 16.7 Å². The van der Waals surface area contributed by atoms with Crippen LogP contribution in [0, 0.1) is 0 Å². The molecule has 1 heterocycles. The van der Waals surface area contributed by atoms with Crippen molar-refractivity contribution in [2.45, 2.75) is 6.54 Å². The molecule has 30 heavy (non-hydrogen) atoms. The van der Waals surface area contributed by atoms with E-state index in [-0.39, 0.29) is 18.0 Å². The maximum Gasteiger partial charge on any atom is 0.322 e. The number of carbonyl (C=O) groups excluding carboxylic acids is 1. The van der Waals surface area contributed by atoms with Crippen molar-refractivity contribution in [3.8, 4) is 22.8 Å². The van der Waals surface area contributed by atoms with E-state index in [1.807, 2.05) is 0 Å². The van der Waals surface area contributed by atoms with E-state index in [2.05, 4.69) is 10.4 Å². The minimum absolute atomic E-state index is 0.0259. The van der Waals surface area contributed by atoms with E-state index in [1.54, 1.807) is 24.3 Å². The van der Waals surface area contributed by atoms with Gasteiger partial charge in [-0.05, 0) is 35.9 Å². The van der Waals surface area contributed by atoms with Crippen LogP contribution in [0.5, 0.6) is 11.5 Å². The zero-order valence-electron chi connectivity index (χ0n) is 15.4. The topological polar surface area (TPSA) is 142 Å². The third-order valence-electron chi connectivity index (χ3n) is 4.18. The standard InChI is InChI=1S/C20H16ClN3O6/c21-14-4-2-1-3-12(14)10-24-20(30)16(19(29)22-9-15(26)27)18(28)17(23-24)11-5-7-13(25)8-6-11/h1-8,25,28H,9-10H2,(H,22,29)(H,26,27). The largest absolute Gasteiger partial charge is 0.508 e. The van der Waals surface area contributed by atoms with E-state index in [9.17, 15) is 24.6 Å². The van der Waals surface area contributed by atoms with Crippen molar-refractivity contribution >= 4 is 23.5 Å². The van der Waals surface area contributed by atoms with E-state index in [0.29, 0.717) is 16.1 Å². The van der Waals surface area contributed by atoms with E-state index >= 15 is 0 Å². The number of phenolic OH excluding ortho intramolecular Hbond substituents is 1. The number of hydrogen-bond acceptors (Lipinski definition) is 6. The summed E-state index contributed by atoms with van der Waals surface area (Å²) in [4.78, 5) is 36.1. The number of nitrogens with zero attached hydrogens (tertiary/aromatic N) is 2. The van der Waals surface area contributed by atoms with Crippen LogP contribution in [0.15, 0.2) is 53.3 Å². The van der Waals surface area contributed by atoms with Crippen LogP contribution in [0.1, 0.15) is 15.9 Å². The average molecular weight is 430 g/mol. The van der Waals surface area contributed by atoms with Gasteiger partial charge in [-0.15, -0.1) is 0 Å². The van der Waals surface area contributed by atoms with Gasteiger partial charge in [-0.2, -0.15) is 5.10 Å². The van der Waals surface area contributed by atoms with Gasteiger partial charge < -0.3 is 20.6 Å². The number of aromatic hydroxyl groups is 2. The van der Waals surface area contributed by atoms with Gasteiger partial charge in [0.1, 0.15) is 18.0 Å². The molecular formula is C20H16ClN3O6. The minimum Gasteiger partial charge on any atom is -0.508 e. The quantitative estimate of drug-likeness (QED) is 0.468. The lowest BCUT2D eigenvalue weighted by Gasteiger charge is -2.14. The van der Waals surface area contributed by atoms with Crippen LogP contribution < -0.4 is 10.9 Å². The number of hydrogen-bond donors (Lipinski definition) is 4. The fraction of sp³-hybridized carbons (Fsp3) is 0.100. The van der Waals surface area contributed by atoms with Crippen molar-refractivity contribution in [1.29, 1.82) is 0 Å². The van der Waals surface area contributed by atoms with E-state index in [1.165, 1.54) is 24.3 Å². The smallest absolute Gasteiger partial charge is 0.322 e. The number of benzene rings is 2. The number of nitrogens with one attached hydrogen (secondary N) is 1. The Balaban J connectivity index is 2.17. The number of aliphatic carboxylic acids is 1. The van der Waals surface area contributed by atoms with E-state index in [0.717, 1.165) is 4.68 Å². The minimum atomic E-state index is -1.31. The summed E-state index contributed by atoms with van der Waals surface area (Å²) >= 11 is 6.15. The molecule has 1 amide bonds. The van der Waals surface area contributed by atoms with Crippen molar-refractivity contribution in [1.82, 2.24) is 15.1 Å². The molecule has 0 fully saturated rings. The third kappa shape index (κ3) is 4.41. The summed E-state index contributed by atoms with van der Waals surface area (Å²) < 4.78 is 0.957. The molecule has 1 aromatic heterocycles. The predicted octanol–water partition coefficient (Wildman–Crippen LogP) is 1.84. The van der Waals surface area contributed by atoms with Gasteiger partial charge in [0.25, 0.3) is 11.5 Å². The van der Waals surface area contributed by atoms with Crippen LogP contribution in [0.25, 0.3) is 11.3 Å². The number of halogens is 1. The molecule has 4 N–H and O–H groups in total. The monoisotopic (exact) mass is 429 g/mol. The molecule has 3 rings (SSSR count). The zero-order valence-corrected chi connectivity index (χ0v) is 16.1. The highest BCUT2D eigenvalue weighted by molar-refractivity contribution is 6.31. The van der Waals surface area contributed by atoms with Gasteiger partial charge in [0.15, 0.2) is 11.3 Å². The van der Waals surface area contributed by atoms with Crippen LogP contribution in [-0.4, -0.2) is 43.5 Å². The van der Waals surface area contributed by atoms with Gasteiger partial charge in [-0.1, -0.05) is 29.8 Å². The lowest BCUT2D eigenvalue weighted by atomic mass is 10.1. The molecule has 0 saturated heterocycles. The van der Waals surface area contributed by atoms with Gasteiger partial charge in [-0.3, -0.25) is 14.4 Å². The number of carboxylic acids is 1. The Hall–Kier alpha value is -3.85. The second-order valence-electron chi connectivity index (χ2n) is 6.25. The first-order chi connectivity index (χ1) is 14.3. The fourth-order valence-corrected chi connectivity index (χ4v) is 2.92. The molecule has 0 bridgehead atoms. The van der Waals surface area contributed by atoms with Crippen LogP contribution in [0.4, 0.5) is 0 Å². The van der Waals surface area contributed by atoms with E-state index < -0.39 is 35.3 Å². The molecule has 9 nitrogen and oxygen atoms in total. The second-order valence-corrected chi connectivity index (χ2v) is 6.66. The first-order valence-corrected chi connectivity index (χ1v) is 9.02. The molecular weight excluding hydrogens is 414 g/mol. The van der Waals surface area contributed by atoms with Gasteiger partial charge in [-0.25, -0.2) is 4.68 Å². The molecule has 0 aliphatic heterocycles. The molecule has 10 heteroatoms. The lowest BCUT2D eigenvalue weighted by Crippen LogP contribution is -2.37.